The van der Waals surface area contributed by atoms with Crippen molar-refractivity contribution >= 4 is 52.2 Å². The highest BCUT2D eigenvalue weighted by Crippen LogP contribution is 2.21. The molecule has 0 atom stereocenters. The van der Waals surface area contributed by atoms with Crippen LogP contribution in [0.1, 0.15) is 25.2 Å². The number of anilines is 2. The van der Waals surface area contributed by atoms with Crippen molar-refractivity contribution in [1.29, 1.82) is 0 Å². The molecule has 3 heterocycles. The number of halogens is 2. The van der Waals surface area contributed by atoms with Crippen molar-refractivity contribution in [3.8, 4) is 11.5 Å². The van der Waals surface area contributed by atoms with Crippen LogP contribution in [0.15, 0.2) is 83.5 Å². The number of hydrazone groups is 2. The van der Waals surface area contributed by atoms with E-state index < -0.39 is 0 Å². The zero-order chi connectivity index (χ0) is 29.9. The third kappa shape index (κ3) is 8.11. The monoisotopic (exact) mass is 610 g/mol. The predicted molar refractivity (Wildman–Crippen MR) is 167 cm³/mol. The number of nitrogens with one attached hydrogen (secondary N) is 2. The summed E-state index contributed by atoms with van der Waals surface area (Å²) < 4.78 is 11.3. The van der Waals surface area contributed by atoms with Crippen LogP contribution in [0.25, 0.3) is 0 Å². The van der Waals surface area contributed by atoms with Gasteiger partial charge in [-0.2, -0.15) is 10.2 Å². The van der Waals surface area contributed by atoms with Crippen molar-refractivity contribution in [2.45, 2.75) is 20.0 Å². The van der Waals surface area contributed by atoms with Gasteiger partial charge < -0.3 is 19.3 Å². The van der Waals surface area contributed by atoms with Gasteiger partial charge in [0.25, 0.3) is 5.91 Å². The predicted octanol–water partition coefficient (Wildman–Crippen LogP) is 4.32. The number of amidine groups is 2. The van der Waals surface area contributed by atoms with Gasteiger partial charge in [0.15, 0.2) is 11.7 Å². The van der Waals surface area contributed by atoms with E-state index in [-0.39, 0.29) is 12.0 Å². The van der Waals surface area contributed by atoms with Crippen molar-refractivity contribution in [2.75, 3.05) is 41.7 Å². The van der Waals surface area contributed by atoms with Crippen molar-refractivity contribution in [2.24, 2.45) is 10.2 Å². The molecule has 1 aliphatic heterocycles. The van der Waals surface area contributed by atoms with Crippen molar-refractivity contribution in [1.82, 2.24) is 20.8 Å². The van der Waals surface area contributed by atoms with Gasteiger partial charge >= 0.3 is 0 Å². The highest BCUT2D eigenvalue weighted by atomic mass is 35.5. The fourth-order valence-corrected chi connectivity index (χ4v) is 4.32. The van der Waals surface area contributed by atoms with Crippen LogP contribution in [0.3, 0.4) is 0 Å². The first kappa shape index (κ1) is 30.6. The van der Waals surface area contributed by atoms with Gasteiger partial charge in [0.1, 0.15) is 22.9 Å². The van der Waals surface area contributed by atoms with Crippen LogP contribution in [0.2, 0.25) is 0 Å². The van der Waals surface area contributed by atoms with Crippen LogP contribution >= 0.6 is 23.2 Å². The minimum absolute atomic E-state index is 0.0505. The number of ether oxygens (including phenoxy) is 2. The summed E-state index contributed by atoms with van der Waals surface area (Å²) in [4.78, 5) is 25.3. The van der Waals surface area contributed by atoms with E-state index in [0.717, 1.165) is 5.69 Å². The number of amides is 1. The summed E-state index contributed by atoms with van der Waals surface area (Å²) in [5.41, 5.74) is 8.32. The van der Waals surface area contributed by atoms with Crippen molar-refractivity contribution in [3.63, 3.8) is 0 Å². The molecule has 11 nitrogen and oxygen atoms in total. The first-order valence-corrected chi connectivity index (χ1v) is 14.3. The van der Waals surface area contributed by atoms with Crippen LogP contribution in [0.4, 0.5) is 11.4 Å². The molecule has 13 heteroatoms. The Labute approximate surface area is 254 Å². The van der Waals surface area contributed by atoms with Crippen LogP contribution < -0.4 is 30.1 Å². The lowest BCUT2D eigenvalue weighted by Gasteiger charge is -2.22. The molecular formula is C29H32Cl2N8O3. The van der Waals surface area contributed by atoms with Gasteiger partial charge in [0.2, 0.25) is 0 Å². The van der Waals surface area contributed by atoms with E-state index >= 15 is 0 Å². The summed E-state index contributed by atoms with van der Waals surface area (Å²) >= 11 is 11.8. The second kappa shape index (κ2) is 15.0. The molecule has 0 saturated heterocycles. The number of hydrogen-bond donors (Lipinski definition) is 2. The zero-order valence-corrected chi connectivity index (χ0v) is 25.0. The van der Waals surface area contributed by atoms with E-state index in [1.165, 1.54) is 17.2 Å². The maximum Gasteiger partial charge on any atom is 0.253 e. The quantitative estimate of drug-likeness (QED) is 0.167. The van der Waals surface area contributed by atoms with Crippen molar-refractivity contribution in [3.05, 3.63) is 84.7 Å². The van der Waals surface area contributed by atoms with E-state index in [4.69, 9.17) is 32.7 Å². The van der Waals surface area contributed by atoms with Gasteiger partial charge in [-0.05, 0) is 62.4 Å². The molecule has 0 radical (unpaired) electrons. The molecule has 42 heavy (non-hydrogen) atoms. The Morgan fingerprint density at radius 1 is 0.952 bits per heavy atom. The van der Waals surface area contributed by atoms with E-state index in [1.54, 1.807) is 37.6 Å². The standard InChI is InChI=1S/C29H32Cl2N8O3/c1-20(2)42-23-10-11-24(33-19-23)28-34-36-29(37-35-28)27-25(5-4-15-32-27)38(3)26(40)12-18-41-22-8-6-21(7-9-22)39(16-13-30)17-14-31/h4-12,15,18-20H,13-14,16-17H2,1-3H3,(H,34,35)(H,36,37)/b18-12+. The Morgan fingerprint density at radius 2 is 1.64 bits per heavy atom. The molecule has 220 valence electrons. The van der Waals surface area contributed by atoms with E-state index in [9.17, 15) is 4.79 Å². The van der Waals surface area contributed by atoms with Gasteiger partial charge in [-0.15, -0.1) is 23.2 Å². The van der Waals surface area contributed by atoms with Gasteiger partial charge in [-0.1, -0.05) is 0 Å². The molecule has 0 saturated carbocycles. The Kier molecular flexibility index (Phi) is 11.0. The van der Waals surface area contributed by atoms with Gasteiger partial charge in [0, 0.05) is 49.9 Å². The van der Waals surface area contributed by atoms with Crippen LogP contribution in [-0.4, -0.2) is 65.5 Å². The zero-order valence-electron chi connectivity index (χ0n) is 23.5. The molecule has 2 aromatic heterocycles. The minimum atomic E-state index is -0.322. The molecular weight excluding hydrogens is 579 g/mol. The van der Waals surface area contributed by atoms with E-state index in [0.29, 0.717) is 65.1 Å². The van der Waals surface area contributed by atoms with Crippen LogP contribution in [0, 0.1) is 0 Å². The highest BCUT2D eigenvalue weighted by molar-refractivity contribution is 6.18. The maximum absolute atomic E-state index is 13.0. The molecule has 0 aliphatic carbocycles. The molecule has 1 aliphatic rings. The SMILES string of the molecule is CC(C)Oc1ccc(C2=NNC(c3ncccc3N(C)C(=O)/C=C/Oc3ccc(N(CCCl)CCCl)cc3)=NN2)nc1. The lowest BCUT2D eigenvalue weighted by Crippen LogP contribution is -2.37. The van der Waals surface area contributed by atoms with Gasteiger partial charge in [0.05, 0.1) is 24.3 Å². The largest absolute Gasteiger partial charge is 0.489 e. The summed E-state index contributed by atoms with van der Waals surface area (Å²) in [5.74, 6) is 2.70. The smallest absolute Gasteiger partial charge is 0.253 e. The molecule has 3 aromatic rings. The first-order chi connectivity index (χ1) is 20.4. The summed E-state index contributed by atoms with van der Waals surface area (Å²) in [5, 5.41) is 8.71. The fourth-order valence-electron chi connectivity index (χ4n) is 3.91. The van der Waals surface area contributed by atoms with Crippen LogP contribution in [0.5, 0.6) is 11.5 Å². The fraction of sp³-hybridized carbons (Fsp3) is 0.276. The Balaban J connectivity index is 1.37. The second-order valence-corrected chi connectivity index (χ2v) is 9.99. The Bertz CT molecular complexity index is 1420. The number of aromatic nitrogens is 2. The number of hydrogen-bond acceptors (Lipinski definition) is 10. The summed E-state index contributed by atoms with van der Waals surface area (Å²) in [7, 11) is 1.64. The van der Waals surface area contributed by atoms with Gasteiger partial charge in [-0.3, -0.25) is 20.6 Å². The number of benzene rings is 1. The molecule has 1 amide bonds. The summed E-state index contributed by atoms with van der Waals surface area (Å²) in [6, 6.07) is 14.6. The normalized spacial score (nSPS) is 12.7. The molecule has 0 unspecified atom stereocenters. The molecule has 4 rings (SSSR count). The van der Waals surface area contributed by atoms with Crippen molar-refractivity contribution < 1.29 is 14.3 Å². The lowest BCUT2D eigenvalue weighted by atomic mass is 10.2. The third-order valence-electron chi connectivity index (χ3n) is 5.93. The average Bonchev–Trinajstić information content (AvgIpc) is 3.01. The maximum atomic E-state index is 13.0. The number of pyridine rings is 2. The number of nitrogens with zero attached hydrogens (tertiary/aromatic N) is 6. The highest BCUT2D eigenvalue weighted by Gasteiger charge is 2.20. The molecule has 0 fully saturated rings. The summed E-state index contributed by atoms with van der Waals surface area (Å²) in [6.45, 7) is 5.28. The molecule has 1 aromatic carbocycles. The molecule has 0 bridgehead atoms. The number of alkyl halides is 2. The number of rotatable bonds is 13. The number of carbonyl (C=O) groups is 1. The third-order valence-corrected chi connectivity index (χ3v) is 6.26. The number of carbonyl (C=O) groups excluding carboxylic acids is 1. The Hall–Kier alpha value is -4.35. The second-order valence-electron chi connectivity index (χ2n) is 9.24. The first-order valence-electron chi connectivity index (χ1n) is 13.2. The van der Waals surface area contributed by atoms with E-state index in [1.807, 2.05) is 44.2 Å². The number of likely N-dealkylation sites (N-methyl/N-ethyl adjacent to an activating group) is 1. The minimum Gasteiger partial charge on any atom is -0.489 e. The van der Waals surface area contributed by atoms with Gasteiger partial charge in [-0.25, -0.2) is 4.98 Å². The Morgan fingerprint density at radius 3 is 2.26 bits per heavy atom. The summed E-state index contributed by atoms with van der Waals surface area (Å²) in [6.07, 6.45) is 5.97. The van der Waals surface area contributed by atoms with E-state index in [2.05, 4.69) is 35.9 Å². The lowest BCUT2D eigenvalue weighted by molar-refractivity contribution is -0.114. The average molecular weight is 612 g/mol. The molecule has 2 N–H and O–H groups in total. The van der Waals surface area contributed by atoms with Crippen LogP contribution in [-0.2, 0) is 4.79 Å². The topological polar surface area (TPSA) is 117 Å². The molecule has 0 spiro atoms.